The van der Waals surface area contributed by atoms with Crippen molar-refractivity contribution in [2.24, 2.45) is 0 Å². The first kappa shape index (κ1) is 21.0. The largest absolute Gasteiger partial charge is 0.302 e. The normalized spacial score (nSPS) is 11.1. The fraction of sp³-hybridized carbons (Fsp3) is 0.185. The molecule has 0 unspecified atom stereocenters. The van der Waals surface area contributed by atoms with Crippen LogP contribution in [0, 0.1) is 0 Å². The Morgan fingerprint density at radius 3 is 1.97 bits per heavy atom. The molecule has 156 valence electrons. The van der Waals surface area contributed by atoms with Crippen molar-refractivity contribution in [3.8, 4) is 11.3 Å². The van der Waals surface area contributed by atoms with Crippen LogP contribution in [0.5, 0.6) is 0 Å². The molecular weight excluding hydrogens is 400 g/mol. The number of hydrogen-bond donors (Lipinski definition) is 1. The van der Waals surface area contributed by atoms with Crippen molar-refractivity contribution in [2.45, 2.75) is 32.1 Å². The van der Waals surface area contributed by atoms with Gasteiger partial charge in [0.1, 0.15) is 0 Å². The molecule has 0 bridgehead atoms. The Kier molecular flexibility index (Phi) is 6.58. The fourth-order valence-corrected chi connectivity index (χ4v) is 4.39. The molecule has 4 rings (SSSR count). The van der Waals surface area contributed by atoms with Crippen molar-refractivity contribution in [1.82, 2.24) is 4.98 Å². The maximum absolute atomic E-state index is 12.9. The van der Waals surface area contributed by atoms with Gasteiger partial charge in [0, 0.05) is 23.3 Å². The summed E-state index contributed by atoms with van der Waals surface area (Å²) in [6.07, 6.45) is 0.367. The second kappa shape index (κ2) is 9.71. The summed E-state index contributed by atoms with van der Waals surface area (Å²) in [6, 6.07) is 28.8. The van der Waals surface area contributed by atoms with Crippen molar-refractivity contribution in [3.05, 3.63) is 107 Å². The molecule has 0 aliphatic heterocycles. The highest BCUT2D eigenvalue weighted by molar-refractivity contribution is 7.14. The molecule has 3 nitrogen and oxygen atoms in total. The number of anilines is 1. The molecule has 0 saturated carbocycles. The molecule has 1 aromatic heterocycles. The van der Waals surface area contributed by atoms with Gasteiger partial charge in [-0.3, -0.25) is 4.79 Å². The lowest BCUT2D eigenvalue weighted by Gasteiger charge is -2.17. The maximum Gasteiger partial charge on any atom is 0.227 e. The summed E-state index contributed by atoms with van der Waals surface area (Å²) in [7, 11) is 0. The highest BCUT2D eigenvalue weighted by atomic mass is 32.1. The van der Waals surface area contributed by atoms with Gasteiger partial charge in [0.25, 0.3) is 0 Å². The van der Waals surface area contributed by atoms with Crippen molar-refractivity contribution < 1.29 is 4.79 Å². The van der Waals surface area contributed by atoms with Crippen LogP contribution >= 0.6 is 11.3 Å². The Hall–Kier alpha value is -3.24. The minimum atomic E-state index is -0.0336. The molecule has 3 aromatic carbocycles. The lowest BCUT2D eigenvalue weighted by Crippen LogP contribution is -2.16. The van der Waals surface area contributed by atoms with Crippen LogP contribution in [-0.4, -0.2) is 10.9 Å². The Morgan fingerprint density at radius 1 is 0.839 bits per heavy atom. The summed E-state index contributed by atoms with van der Waals surface area (Å²) in [4.78, 5) is 17.5. The molecular formula is C27H26N2OS. The number of aromatic nitrogens is 1. The third-order valence-electron chi connectivity index (χ3n) is 5.42. The van der Waals surface area contributed by atoms with Crippen LogP contribution in [-0.2, 0) is 4.79 Å². The highest BCUT2D eigenvalue weighted by Crippen LogP contribution is 2.30. The van der Waals surface area contributed by atoms with E-state index in [0.29, 0.717) is 17.5 Å². The van der Waals surface area contributed by atoms with Crippen LogP contribution in [0.15, 0.2) is 90.3 Å². The number of nitrogens with one attached hydrogen (secondary N) is 1. The van der Waals surface area contributed by atoms with E-state index in [1.54, 1.807) is 0 Å². The van der Waals surface area contributed by atoms with E-state index in [9.17, 15) is 4.79 Å². The van der Waals surface area contributed by atoms with E-state index >= 15 is 0 Å². The fourth-order valence-electron chi connectivity index (χ4n) is 3.66. The number of thiazole rings is 1. The minimum Gasteiger partial charge on any atom is -0.302 e. The number of carbonyl (C=O) groups excluding carboxylic acids is 1. The van der Waals surface area contributed by atoms with Crippen LogP contribution in [0.1, 0.15) is 48.8 Å². The van der Waals surface area contributed by atoms with Gasteiger partial charge >= 0.3 is 0 Å². The summed E-state index contributed by atoms with van der Waals surface area (Å²) in [6.45, 7) is 4.37. The van der Waals surface area contributed by atoms with Gasteiger partial charge < -0.3 is 5.32 Å². The predicted octanol–water partition coefficient (Wildman–Crippen LogP) is 7.09. The van der Waals surface area contributed by atoms with Gasteiger partial charge in [-0.2, -0.15) is 0 Å². The standard InChI is InChI=1S/C27H26N2OS/c1-19(2)20-13-15-23(16-14-20)25-18-31-27(28-25)29-26(30)17-24(21-9-5-3-6-10-21)22-11-7-4-8-12-22/h3-16,18-19,24H,17H2,1-2H3,(H,28,29,30). The SMILES string of the molecule is CC(C)c1ccc(-c2csc(NC(=O)CC(c3ccccc3)c3ccccc3)n2)cc1. The third kappa shape index (κ3) is 5.28. The van der Waals surface area contributed by atoms with Crippen LogP contribution in [0.2, 0.25) is 0 Å². The lowest BCUT2D eigenvalue weighted by molar-refractivity contribution is -0.116. The number of hydrogen-bond acceptors (Lipinski definition) is 3. The average Bonchev–Trinajstić information content (AvgIpc) is 3.27. The van der Waals surface area contributed by atoms with E-state index < -0.39 is 0 Å². The third-order valence-corrected chi connectivity index (χ3v) is 6.17. The molecule has 1 heterocycles. The van der Waals surface area contributed by atoms with Gasteiger partial charge in [-0.25, -0.2) is 4.98 Å². The predicted molar refractivity (Wildman–Crippen MR) is 130 cm³/mol. The van der Waals surface area contributed by atoms with Gasteiger partial charge in [0.05, 0.1) is 5.69 Å². The summed E-state index contributed by atoms with van der Waals surface area (Å²) in [5.74, 6) is 0.473. The Bertz CT molecular complexity index is 1080. The van der Waals surface area contributed by atoms with Crippen molar-refractivity contribution in [3.63, 3.8) is 0 Å². The Balaban J connectivity index is 1.47. The molecule has 0 fully saturated rings. The van der Waals surface area contributed by atoms with Crippen LogP contribution in [0.3, 0.4) is 0 Å². The quantitative estimate of drug-likeness (QED) is 0.343. The van der Waals surface area contributed by atoms with Crippen LogP contribution < -0.4 is 5.32 Å². The van der Waals surface area contributed by atoms with Crippen LogP contribution in [0.25, 0.3) is 11.3 Å². The number of carbonyl (C=O) groups is 1. The topological polar surface area (TPSA) is 42.0 Å². The van der Waals surface area contributed by atoms with Gasteiger partial charge in [-0.05, 0) is 22.6 Å². The van der Waals surface area contributed by atoms with Gasteiger partial charge in [-0.1, -0.05) is 98.8 Å². The number of amides is 1. The monoisotopic (exact) mass is 426 g/mol. The zero-order valence-electron chi connectivity index (χ0n) is 17.8. The molecule has 4 aromatic rings. The zero-order chi connectivity index (χ0) is 21.6. The summed E-state index contributed by atoms with van der Waals surface area (Å²) in [5.41, 5.74) is 5.52. The van der Waals surface area contributed by atoms with Crippen molar-refractivity contribution >= 4 is 22.4 Å². The van der Waals surface area contributed by atoms with E-state index in [-0.39, 0.29) is 11.8 Å². The molecule has 0 saturated heterocycles. The van der Waals surface area contributed by atoms with Gasteiger partial charge in [0.2, 0.25) is 5.91 Å². The summed E-state index contributed by atoms with van der Waals surface area (Å²) >= 11 is 1.46. The first-order valence-electron chi connectivity index (χ1n) is 10.6. The first-order valence-corrected chi connectivity index (χ1v) is 11.4. The Labute approximate surface area is 187 Å². The van der Waals surface area contributed by atoms with Crippen LogP contribution in [0.4, 0.5) is 5.13 Å². The Morgan fingerprint density at radius 2 is 1.42 bits per heavy atom. The molecule has 31 heavy (non-hydrogen) atoms. The molecule has 0 aliphatic rings. The maximum atomic E-state index is 12.9. The molecule has 1 N–H and O–H groups in total. The number of nitrogens with zero attached hydrogens (tertiary/aromatic N) is 1. The summed E-state index contributed by atoms with van der Waals surface area (Å²) in [5, 5.41) is 5.62. The molecule has 0 radical (unpaired) electrons. The van der Waals surface area contributed by atoms with E-state index in [2.05, 4.69) is 72.7 Å². The molecule has 0 aliphatic carbocycles. The molecule has 4 heteroatoms. The van der Waals surface area contributed by atoms with E-state index in [0.717, 1.165) is 22.4 Å². The average molecular weight is 427 g/mol. The van der Waals surface area contributed by atoms with E-state index in [1.807, 2.05) is 41.8 Å². The zero-order valence-corrected chi connectivity index (χ0v) is 18.6. The second-order valence-corrected chi connectivity index (χ2v) is 8.80. The van der Waals surface area contributed by atoms with E-state index in [4.69, 9.17) is 0 Å². The second-order valence-electron chi connectivity index (χ2n) is 7.94. The minimum absolute atomic E-state index is 0.00501. The van der Waals surface area contributed by atoms with Gasteiger partial charge in [0.15, 0.2) is 5.13 Å². The summed E-state index contributed by atoms with van der Waals surface area (Å²) < 4.78 is 0. The van der Waals surface area contributed by atoms with Gasteiger partial charge in [-0.15, -0.1) is 11.3 Å². The molecule has 1 amide bonds. The lowest BCUT2D eigenvalue weighted by atomic mass is 9.88. The smallest absolute Gasteiger partial charge is 0.227 e. The molecule has 0 atom stereocenters. The van der Waals surface area contributed by atoms with Crippen molar-refractivity contribution in [1.29, 1.82) is 0 Å². The first-order chi connectivity index (χ1) is 15.1. The number of benzene rings is 3. The van der Waals surface area contributed by atoms with Crippen molar-refractivity contribution in [2.75, 3.05) is 5.32 Å². The molecule has 0 spiro atoms. The number of rotatable bonds is 7. The van der Waals surface area contributed by atoms with E-state index in [1.165, 1.54) is 16.9 Å². The highest BCUT2D eigenvalue weighted by Gasteiger charge is 2.19.